The van der Waals surface area contributed by atoms with E-state index in [1.165, 1.54) is 37.9 Å². The molecule has 0 radical (unpaired) electrons. The van der Waals surface area contributed by atoms with Crippen molar-refractivity contribution < 1.29 is 4.43 Å². The molecule has 146 valence electrons. The summed E-state index contributed by atoms with van der Waals surface area (Å²) >= 11 is 0. The number of hydrogen-bond donors (Lipinski definition) is 0. The first-order valence-electron chi connectivity index (χ1n) is 10.7. The lowest BCUT2D eigenvalue weighted by Crippen LogP contribution is -2.47. The van der Waals surface area contributed by atoms with Crippen molar-refractivity contribution in [1.29, 1.82) is 0 Å². The minimum atomic E-state index is -1.88. The molecule has 0 fully saturated rings. The molecule has 0 saturated carbocycles. The van der Waals surface area contributed by atoms with Crippen molar-refractivity contribution in [3.63, 3.8) is 0 Å². The van der Waals surface area contributed by atoms with Crippen LogP contribution in [0.5, 0.6) is 0 Å². The Kier molecular flexibility index (Phi) is 4.97. The molecule has 0 aliphatic heterocycles. The summed E-state index contributed by atoms with van der Waals surface area (Å²) in [6.45, 7) is 14.9. The zero-order valence-electron chi connectivity index (χ0n) is 18.0. The minimum absolute atomic E-state index is 0.604. The van der Waals surface area contributed by atoms with Gasteiger partial charge in [0.15, 0.2) is 0 Å². The molecule has 0 unspecified atom stereocenters. The standard InChI is InChI=1S/C26H32OSi/c1-17(2)28(18(3)4,19(5)6)27-16-23-13-12-22-11-10-20-8-7-9-21-14-15-24(23)26(22)25(20)21/h7-15,17-19H,16H2,1-6H3. The summed E-state index contributed by atoms with van der Waals surface area (Å²) in [4.78, 5) is 0. The maximum absolute atomic E-state index is 6.93. The highest BCUT2D eigenvalue weighted by atomic mass is 28.4. The summed E-state index contributed by atoms with van der Waals surface area (Å²) in [6.07, 6.45) is 0. The van der Waals surface area contributed by atoms with Crippen LogP contribution in [0.25, 0.3) is 32.3 Å². The molecule has 0 spiro atoms. The van der Waals surface area contributed by atoms with Crippen LogP contribution in [0.1, 0.15) is 47.1 Å². The second-order valence-corrected chi connectivity index (χ2v) is 14.6. The molecule has 4 rings (SSSR count). The summed E-state index contributed by atoms with van der Waals surface area (Å²) in [7, 11) is -1.88. The van der Waals surface area contributed by atoms with Crippen molar-refractivity contribution in [3.05, 3.63) is 60.2 Å². The van der Waals surface area contributed by atoms with Gasteiger partial charge in [0.1, 0.15) is 0 Å². The lowest BCUT2D eigenvalue weighted by molar-refractivity contribution is 0.267. The second-order valence-electron chi connectivity index (χ2n) is 9.19. The number of benzene rings is 4. The second kappa shape index (κ2) is 7.17. The van der Waals surface area contributed by atoms with Gasteiger partial charge in [-0.3, -0.25) is 0 Å². The van der Waals surface area contributed by atoms with Crippen molar-refractivity contribution in [3.8, 4) is 0 Å². The monoisotopic (exact) mass is 388 g/mol. The molecule has 1 nitrogen and oxygen atoms in total. The van der Waals surface area contributed by atoms with Gasteiger partial charge in [0.05, 0.1) is 6.61 Å². The molecule has 0 aliphatic carbocycles. The first-order valence-corrected chi connectivity index (χ1v) is 12.8. The van der Waals surface area contributed by atoms with Gasteiger partial charge in [0, 0.05) is 0 Å². The Balaban J connectivity index is 1.83. The van der Waals surface area contributed by atoms with Crippen LogP contribution in [-0.4, -0.2) is 8.32 Å². The first kappa shape index (κ1) is 19.4. The maximum Gasteiger partial charge on any atom is 0.200 e. The molecule has 0 aliphatic rings. The Bertz CT molecular complexity index is 1070. The smallest absolute Gasteiger partial charge is 0.200 e. The Morgan fingerprint density at radius 3 is 1.71 bits per heavy atom. The van der Waals surface area contributed by atoms with Gasteiger partial charge >= 0.3 is 0 Å². The maximum atomic E-state index is 6.93. The largest absolute Gasteiger partial charge is 0.412 e. The third kappa shape index (κ3) is 2.86. The molecule has 28 heavy (non-hydrogen) atoms. The fourth-order valence-electron chi connectivity index (χ4n) is 5.62. The Labute approximate surface area is 170 Å². The van der Waals surface area contributed by atoms with Crippen LogP contribution >= 0.6 is 0 Å². The average Bonchev–Trinajstić information content (AvgIpc) is 2.66. The van der Waals surface area contributed by atoms with Gasteiger partial charge in [0.25, 0.3) is 0 Å². The fraction of sp³-hybridized carbons (Fsp3) is 0.385. The van der Waals surface area contributed by atoms with Gasteiger partial charge in [-0.2, -0.15) is 0 Å². The number of rotatable bonds is 6. The lowest BCUT2D eigenvalue weighted by atomic mass is 9.92. The van der Waals surface area contributed by atoms with E-state index in [4.69, 9.17) is 4.43 Å². The van der Waals surface area contributed by atoms with Gasteiger partial charge in [-0.05, 0) is 54.5 Å². The van der Waals surface area contributed by atoms with E-state index in [-0.39, 0.29) is 0 Å². The normalized spacial score (nSPS) is 13.2. The van der Waals surface area contributed by atoms with Crippen LogP contribution in [0.15, 0.2) is 54.6 Å². The van der Waals surface area contributed by atoms with Gasteiger partial charge in [-0.25, -0.2) is 0 Å². The van der Waals surface area contributed by atoms with E-state index in [2.05, 4.69) is 96.1 Å². The Hall–Kier alpha value is -1.90. The van der Waals surface area contributed by atoms with Gasteiger partial charge in [-0.15, -0.1) is 0 Å². The van der Waals surface area contributed by atoms with Crippen LogP contribution in [-0.2, 0) is 11.0 Å². The summed E-state index contributed by atoms with van der Waals surface area (Å²) in [5.74, 6) is 0. The SMILES string of the molecule is CC(C)[Si](OCc1ccc2ccc3cccc4ccc1c2c34)(C(C)C)C(C)C. The molecule has 0 atom stereocenters. The first-order chi connectivity index (χ1) is 13.4. The van der Waals surface area contributed by atoms with E-state index in [0.29, 0.717) is 16.6 Å². The Morgan fingerprint density at radius 2 is 1.14 bits per heavy atom. The van der Waals surface area contributed by atoms with Gasteiger partial charge < -0.3 is 4.43 Å². The molecule has 0 N–H and O–H groups in total. The molecular formula is C26H32OSi. The van der Waals surface area contributed by atoms with E-state index in [1.54, 1.807) is 0 Å². The third-order valence-electron chi connectivity index (χ3n) is 6.80. The van der Waals surface area contributed by atoms with E-state index < -0.39 is 8.32 Å². The third-order valence-corrected chi connectivity index (χ3v) is 12.9. The van der Waals surface area contributed by atoms with Crippen LogP contribution < -0.4 is 0 Å². The van der Waals surface area contributed by atoms with E-state index >= 15 is 0 Å². The van der Waals surface area contributed by atoms with Gasteiger partial charge in [0.2, 0.25) is 8.32 Å². The van der Waals surface area contributed by atoms with Crippen molar-refractivity contribution in [2.45, 2.75) is 64.8 Å². The Morgan fingerprint density at radius 1 is 0.643 bits per heavy atom. The van der Waals surface area contributed by atoms with Crippen molar-refractivity contribution in [2.75, 3.05) is 0 Å². The van der Waals surface area contributed by atoms with Crippen molar-refractivity contribution in [2.24, 2.45) is 0 Å². The van der Waals surface area contributed by atoms with Crippen LogP contribution in [0.3, 0.4) is 0 Å². The van der Waals surface area contributed by atoms with Crippen molar-refractivity contribution in [1.82, 2.24) is 0 Å². The number of hydrogen-bond acceptors (Lipinski definition) is 1. The van der Waals surface area contributed by atoms with E-state index in [9.17, 15) is 0 Å². The summed E-state index contributed by atoms with van der Waals surface area (Å²) in [5.41, 5.74) is 3.14. The molecule has 4 aromatic rings. The summed E-state index contributed by atoms with van der Waals surface area (Å²) < 4.78 is 6.93. The predicted octanol–water partition coefficient (Wildman–Crippen LogP) is 8.28. The lowest BCUT2D eigenvalue weighted by Gasteiger charge is -2.42. The highest BCUT2D eigenvalue weighted by molar-refractivity contribution is 6.77. The highest BCUT2D eigenvalue weighted by Gasteiger charge is 2.45. The quantitative estimate of drug-likeness (QED) is 0.238. The van der Waals surface area contributed by atoms with Crippen LogP contribution in [0.2, 0.25) is 16.6 Å². The minimum Gasteiger partial charge on any atom is -0.412 e. The zero-order chi connectivity index (χ0) is 20.1. The van der Waals surface area contributed by atoms with Crippen LogP contribution in [0, 0.1) is 0 Å². The fourth-order valence-corrected chi connectivity index (χ4v) is 11.0. The average molecular weight is 389 g/mol. The van der Waals surface area contributed by atoms with Crippen LogP contribution in [0.4, 0.5) is 0 Å². The highest BCUT2D eigenvalue weighted by Crippen LogP contribution is 2.43. The zero-order valence-corrected chi connectivity index (χ0v) is 19.0. The molecular weight excluding hydrogens is 356 g/mol. The van der Waals surface area contributed by atoms with E-state index in [0.717, 1.165) is 6.61 Å². The van der Waals surface area contributed by atoms with E-state index in [1.807, 2.05) is 0 Å². The molecule has 0 bridgehead atoms. The summed E-state index contributed by atoms with van der Waals surface area (Å²) in [5, 5.41) is 8.10. The molecule has 2 heteroatoms. The molecule has 4 aromatic carbocycles. The predicted molar refractivity (Wildman–Crippen MR) is 126 cm³/mol. The molecule has 0 amide bonds. The molecule has 0 heterocycles. The van der Waals surface area contributed by atoms with Crippen molar-refractivity contribution >= 4 is 40.6 Å². The van der Waals surface area contributed by atoms with Gasteiger partial charge in [-0.1, -0.05) is 96.1 Å². The topological polar surface area (TPSA) is 9.23 Å². The summed E-state index contributed by atoms with van der Waals surface area (Å²) in [6, 6.07) is 20.2. The molecule has 0 saturated heterocycles. The molecule has 0 aromatic heterocycles.